The van der Waals surface area contributed by atoms with Crippen LogP contribution in [-0.2, 0) is 15.7 Å². The number of halogens is 1. The van der Waals surface area contributed by atoms with E-state index in [0.717, 1.165) is 29.3 Å². The van der Waals surface area contributed by atoms with Gasteiger partial charge in [-0.05, 0) is 0 Å². The van der Waals surface area contributed by atoms with Crippen LogP contribution in [0.15, 0.2) is 42.5 Å². The standard InChI is InChI=1S/C20H21IO5/c1-12(2)16(22)25-21(14-6-4-3-5-7-14)26-17(23)18-8-13-9-20(24)11-19(20,10-18)15(13)18/h3-7,13,15,24H,1,8-11H2,2H3. The third-order valence-electron chi connectivity index (χ3n) is 6.88. The average Bonchev–Trinajstić information content (AvgIpc) is 3.15. The van der Waals surface area contributed by atoms with Crippen LogP contribution in [0.2, 0.25) is 0 Å². The van der Waals surface area contributed by atoms with E-state index in [1.165, 1.54) is 0 Å². The number of hydrogen-bond donors (Lipinski definition) is 1. The molecule has 5 nitrogen and oxygen atoms in total. The molecule has 5 atom stereocenters. The fourth-order valence-corrected chi connectivity index (χ4v) is 9.03. The van der Waals surface area contributed by atoms with Gasteiger partial charge < -0.3 is 0 Å². The van der Waals surface area contributed by atoms with E-state index in [4.69, 9.17) is 6.13 Å². The Balaban J connectivity index is 1.35. The van der Waals surface area contributed by atoms with Gasteiger partial charge in [0.05, 0.1) is 0 Å². The summed E-state index contributed by atoms with van der Waals surface area (Å²) in [5.41, 5.74) is -0.698. The van der Waals surface area contributed by atoms with Gasteiger partial charge in [-0.15, -0.1) is 0 Å². The number of carbonyl (C=O) groups excluding carboxylic acids is 2. The molecular formula is C20H21IO5. The van der Waals surface area contributed by atoms with Crippen LogP contribution >= 0.6 is 20.6 Å². The minimum atomic E-state index is -2.92. The zero-order valence-corrected chi connectivity index (χ0v) is 16.7. The minimum absolute atomic E-state index is 0.0187. The van der Waals surface area contributed by atoms with E-state index in [1.807, 2.05) is 30.3 Å². The maximum absolute atomic E-state index is 13.0. The summed E-state index contributed by atoms with van der Waals surface area (Å²) < 4.78 is 12.2. The van der Waals surface area contributed by atoms with Gasteiger partial charge in [0.15, 0.2) is 0 Å². The van der Waals surface area contributed by atoms with E-state index in [2.05, 4.69) is 6.58 Å². The summed E-state index contributed by atoms with van der Waals surface area (Å²) in [6.07, 6.45) is 3.19. The number of aliphatic hydroxyl groups is 1. The van der Waals surface area contributed by atoms with Gasteiger partial charge in [-0.25, -0.2) is 0 Å². The maximum atomic E-state index is 13.0. The first-order valence-corrected chi connectivity index (χ1v) is 11.7. The van der Waals surface area contributed by atoms with Crippen molar-refractivity contribution in [1.82, 2.24) is 0 Å². The molecule has 138 valence electrons. The molecule has 0 amide bonds. The number of carbonyl (C=O) groups is 2. The van der Waals surface area contributed by atoms with Crippen molar-refractivity contribution < 1.29 is 20.8 Å². The second-order valence-corrected chi connectivity index (χ2v) is 11.7. The Hall–Kier alpha value is -1.41. The van der Waals surface area contributed by atoms with Crippen molar-refractivity contribution in [2.45, 2.75) is 38.2 Å². The van der Waals surface area contributed by atoms with Crippen LogP contribution in [-0.4, -0.2) is 22.6 Å². The quantitative estimate of drug-likeness (QED) is 0.530. The van der Waals surface area contributed by atoms with Gasteiger partial charge in [0, 0.05) is 0 Å². The van der Waals surface area contributed by atoms with Gasteiger partial charge in [0.25, 0.3) is 0 Å². The predicted molar refractivity (Wildman–Crippen MR) is 101 cm³/mol. The summed E-state index contributed by atoms with van der Waals surface area (Å²) in [7, 11) is 0. The number of benzene rings is 1. The van der Waals surface area contributed by atoms with E-state index < -0.39 is 37.6 Å². The summed E-state index contributed by atoms with van der Waals surface area (Å²) in [5, 5.41) is 10.6. The Morgan fingerprint density at radius 2 is 1.92 bits per heavy atom. The summed E-state index contributed by atoms with van der Waals surface area (Å²) in [4.78, 5) is 25.1. The van der Waals surface area contributed by atoms with Crippen LogP contribution in [0.1, 0.15) is 32.6 Å². The zero-order valence-electron chi connectivity index (χ0n) is 14.5. The van der Waals surface area contributed by atoms with Crippen LogP contribution in [0.4, 0.5) is 0 Å². The van der Waals surface area contributed by atoms with Crippen LogP contribution in [0.25, 0.3) is 0 Å². The van der Waals surface area contributed by atoms with Gasteiger partial charge in [0.2, 0.25) is 0 Å². The van der Waals surface area contributed by atoms with Crippen LogP contribution in [0, 0.1) is 26.2 Å². The second-order valence-electron chi connectivity index (χ2n) is 8.37. The van der Waals surface area contributed by atoms with Crippen LogP contribution < -0.4 is 0 Å². The van der Waals surface area contributed by atoms with Crippen molar-refractivity contribution in [2.24, 2.45) is 22.7 Å². The van der Waals surface area contributed by atoms with E-state index in [0.29, 0.717) is 11.5 Å². The Bertz CT molecular complexity index is 838. The van der Waals surface area contributed by atoms with Gasteiger partial charge in [-0.3, -0.25) is 0 Å². The normalized spacial score (nSPS) is 40.9. The molecule has 0 aliphatic heterocycles. The van der Waals surface area contributed by atoms with Crippen LogP contribution in [0.5, 0.6) is 0 Å². The molecule has 0 saturated heterocycles. The average molecular weight is 468 g/mol. The third-order valence-corrected chi connectivity index (χ3v) is 10.2. The molecule has 4 aliphatic carbocycles. The monoisotopic (exact) mass is 468 g/mol. The van der Waals surface area contributed by atoms with Crippen molar-refractivity contribution in [3.05, 3.63) is 46.1 Å². The van der Waals surface area contributed by atoms with Crippen molar-refractivity contribution in [2.75, 3.05) is 0 Å². The predicted octanol–water partition coefficient (Wildman–Crippen LogP) is 3.41. The molecule has 1 N–H and O–H groups in total. The molecule has 4 saturated carbocycles. The van der Waals surface area contributed by atoms with Gasteiger partial charge >= 0.3 is 160 Å². The first kappa shape index (κ1) is 16.7. The zero-order chi connectivity index (χ0) is 18.3. The van der Waals surface area contributed by atoms with Gasteiger partial charge in [-0.2, -0.15) is 0 Å². The molecule has 6 heteroatoms. The topological polar surface area (TPSA) is 72.8 Å². The third kappa shape index (κ3) is 1.94. The van der Waals surface area contributed by atoms with Crippen molar-refractivity contribution in [3.63, 3.8) is 0 Å². The molecule has 1 spiro atoms. The Labute approximate surface area is 160 Å². The molecule has 4 aliphatic rings. The molecular weight excluding hydrogens is 447 g/mol. The SMILES string of the molecule is C=C(C)C(=O)OI(OC(=O)C12CC3CC4(O)CC4(C1)C32)c1ccccc1. The van der Waals surface area contributed by atoms with Crippen molar-refractivity contribution in [3.8, 4) is 0 Å². The molecule has 0 radical (unpaired) electrons. The fourth-order valence-electron chi connectivity index (χ4n) is 5.89. The number of rotatable bonds is 5. The summed E-state index contributed by atoms with van der Waals surface area (Å²) >= 11 is -2.92. The molecule has 0 aromatic heterocycles. The van der Waals surface area contributed by atoms with E-state index in [-0.39, 0.29) is 17.3 Å². The van der Waals surface area contributed by atoms with Gasteiger partial charge in [0.1, 0.15) is 0 Å². The first-order valence-electron chi connectivity index (χ1n) is 8.90. The van der Waals surface area contributed by atoms with E-state index in [1.54, 1.807) is 6.92 Å². The molecule has 0 heterocycles. The molecule has 0 bridgehead atoms. The fraction of sp³-hybridized carbons (Fsp3) is 0.500. The number of hydrogen-bond acceptors (Lipinski definition) is 5. The summed E-state index contributed by atoms with van der Waals surface area (Å²) in [5.74, 6) is -0.0349. The Kier molecular flexibility index (Phi) is 3.28. The molecule has 5 rings (SSSR count). The Morgan fingerprint density at radius 3 is 2.58 bits per heavy atom. The molecule has 4 fully saturated rings. The molecule has 1 aromatic rings. The van der Waals surface area contributed by atoms with Crippen molar-refractivity contribution in [1.29, 1.82) is 0 Å². The van der Waals surface area contributed by atoms with Crippen molar-refractivity contribution >= 4 is 32.6 Å². The van der Waals surface area contributed by atoms with E-state index >= 15 is 0 Å². The van der Waals surface area contributed by atoms with E-state index in [9.17, 15) is 14.7 Å². The summed E-state index contributed by atoms with van der Waals surface area (Å²) in [6.45, 7) is 5.20. The molecule has 5 unspecified atom stereocenters. The Morgan fingerprint density at radius 1 is 1.19 bits per heavy atom. The molecule has 1 aromatic carbocycles. The van der Waals surface area contributed by atoms with Crippen LogP contribution in [0.3, 0.4) is 0 Å². The summed E-state index contributed by atoms with van der Waals surface area (Å²) in [6, 6.07) is 9.24. The second kappa shape index (κ2) is 5.10. The van der Waals surface area contributed by atoms with Gasteiger partial charge in [-0.1, -0.05) is 0 Å². The first-order chi connectivity index (χ1) is 12.3. The molecule has 26 heavy (non-hydrogen) atoms.